The molecule has 0 N–H and O–H groups in total. The van der Waals surface area contributed by atoms with Gasteiger partial charge in [-0.15, -0.1) is 0 Å². The summed E-state index contributed by atoms with van der Waals surface area (Å²) in [6.07, 6.45) is 0.710. The third-order valence-electron chi connectivity index (χ3n) is 5.80. The Balaban J connectivity index is 1.47. The highest BCUT2D eigenvalue weighted by molar-refractivity contribution is 7.22. The quantitative estimate of drug-likeness (QED) is 0.431. The molecule has 1 aliphatic heterocycles. The highest BCUT2D eigenvalue weighted by Crippen LogP contribution is 2.31. The summed E-state index contributed by atoms with van der Waals surface area (Å²) in [6, 6.07) is 9.70. The Hall–Kier alpha value is -2.62. The van der Waals surface area contributed by atoms with Crippen molar-refractivity contribution in [3.63, 3.8) is 0 Å². The number of halogens is 2. The Labute approximate surface area is 202 Å². The van der Waals surface area contributed by atoms with E-state index in [1.165, 1.54) is 16.5 Å². The second-order valence-electron chi connectivity index (χ2n) is 8.60. The molecule has 9 heteroatoms. The van der Waals surface area contributed by atoms with Crippen molar-refractivity contribution in [1.29, 1.82) is 0 Å². The lowest BCUT2D eigenvalue weighted by Crippen LogP contribution is -2.40. The number of hydrogen-bond acceptors (Lipinski definition) is 6. The number of carbonyl (C=O) groups excluding carboxylic acids is 1. The minimum Gasteiger partial charge on any atom is -0.484 e. The number of hydrogen-bond donors (Lipinski definition) is 0. The van der Waals surface area contributed by atoms with Crippen molar-refractivity contribution in [2.75, 3.05) is 50.9 Å². The molecule has 2 aromatic carbocycles. The zero-order chi connectivity index (χ0) is 24.1. The largest absolute Gasteiger partial charge is 0.484 e. The molecule has 2 heterocycles. The Morgan fingerprint density at radius 1 is 1.21 bits per heavy atom. The van der Waals surface area contributed by atoms with Gasteiger partial charge in [-0.05, 0) is 36.1 Å². The summed E-state index contributed by atoms with van der Waals surface area (Å²) in [5.74, 6) is -0.682. The third-order valence-corrected chi connectivity index (χ3v) is 6.83. The summed E-state index contributed by atoms with van der Waals surface area (Å²) in [5, 5.41) is 0.338. The topological polar surface area (TPSA) is 54.9 Å². The predicted octanol–water partition coefficient (Wildman–Crippen LogP) is 4.83. The summed E-state index contributed by atoms with van der Waals surface area (Å²) in [7, 11) is 0. The molecular weight excluding hydrogens is 460 g/mol. The van der Waals surface area contributed by atoms with Gasteiger partial charge in [0.1, 0.15) is 17.1 Å². The van der Waals surface area contributed by atoms with Gasteiger partial charge in [0.2, 0.25) is 0 Å². The Morgan fingerprint density at radius 3 is 2.65 bits per heavy atom. The molecule has 0 radical (unpaired) electrons. The maximum absolute atomic E-state index is 14.2. The molecule has 34 heavy (non-hydrogen) atoms. The highest BCUT2D eigenvalue weighted by atomic mass is 32.1. The summed E-state index contributed by atoms with van der Waals surface area (Å²) in [5.41, 5.74) is 1.25. The average molecular weight is 490 g/mol. The third kappa shape index (κ3) is 6.08. The molecule has 0 bridgehead atoms. The van der Waals surface area contributed by atoms with E-state index in [1.54, 1.807) is 0 Å². The van der Waals surface area contributed by atoms with Crippen LogP contribution in [-0.4, -0.2) is 61.8 Å². The van der Waals surface area contributed by atoms with Crippen molar-refractivity contribution in [1.82, 2.24) is 9.88 Å². The number of thiazole rings is 1. The zero-order valence-electron chi connectivity index (χ0n) is 19.4. The number of ether oxygens (including phenoxy) is 2. The molecule has 0 unspecified atom stereocenters. The lowest BCUT2D eigenvalue weighted by Gasteiger charge is -2.27. The smallest absolute Gasteiger partial charge is 0.266 e. The van der Waals surface area contributed by atoms with E-state index >= 15 is 0 Å². The highest BCUT2D eigenvalue weighted by Gasteiger charge is 2.22. The van der Waals surface area contributed by atoms with Crippen molar-refractivity contribution in [2.45, 2.75) is 26.2 Å². The van der Waals surface area contributed by atoms with E-state index in [-0.39, 0.29) is 18.0 Å². The maximum atomic E-state index is 14.2. The van der Waals surface area contributed by atoms with Gasteiger partial charge in [0, 0.05) is 32.2 Å². The first kappa shape index (κ1) is 24.5. The summed E-state index contributed by atoms with van der Waals surface area (Å²) < 4.78 is 39.4. The van der Waals surface area contributed by atoms with E-state index in [1.807, 2.05) is 24.3 Å². The lowest BCUT2D eigenvalue weighted by molar-refractivity contribution is -0.120. The van der Waals surface area contributed by atoms with Gasteiger partial charge in [-0.2, -0.15) is 0 Å². The second kappa shape index (κ2) is 11.2. The van der Waals surface area contributed by atoms with Gasteiger partial charge >= 0.3 is 0 Å². The predicted molar refractivity (Wildman–Crippen MR) is 130 cm³/mol. The van der Waals surface area contributed by atoms with E-state index in [4.69, 9.17) is 9.47 Å². The first-order valence-electron chi connectivity index (χ1n) is 11.5. The van der Waals surface area contributed by atoms with Gasteiger partial charge in [-0.1, -0.05) is 37.3 Å². The van der Waals surface area contributed by atoms with Crippen LogP contribution in [0, 0.1) is 11.6 Å². The molecule has 4 rings (SSSR count). The number of nitrogens with zero attached hydrogens (tertiary/aromatic N) is 3. The van der Waals surface area contributed by atoms with Crippen LogP contribution in [0.4, 0.5) is 13.9 Å². The number of rotatable bonds is 9. The molecule has 0 aliphatic carbocycles. The summed E-state index contributed by atoms with van der Waals surface area (Å²) >= 11 is 1.10. The normalized spacial score (nSPS) is 14.6. The molecule has 1 amide bonds. The first-order chi connectivity index (χ1) is 16.4. The van der Waals surface area contributed by atoms with Crippen LogP contribution in [-0.2, 0) is 9.53 Å². The van der Waals surface area contributed by atoms with Crippen LogP contribution in [0.5, 0.6) is 5.75 Å². The minimum atomic E-state index is -0.736. The number of aromatic nitrogens is 1. The molecule has 1 aliphatic rings. The molecule has 1 saturated heterocycles. The van der Waals surface area contributed by atoms with Gasteiger partial charge in [0.25, 0.3) is 5.91 Å². The molecule has 0 spiro atoms. The molecule has 3 aromatic rings. The molecule has 1 aromatic heterocycles. The number of anilines is 1. The molecule has 0 atom stereocenters. The van der Waals surface area contributed by atoms with E-state index in [0.29, 0.717) is 47.7 Å². The summed E-state index contributed by atoms with van der Waals surface area (Å²) in [4.78, 5) is 21.3. The lowest BCUT2D eigenvalue weighted by atomic mass is 10.0. The van der Waals surface area contributed by atoms with Crippen LogP contribution in [0.2, 0.25) is 0 Å². The van der Waals surface area contributed by atoms with Crippen LogP contribution in [0.15, 0.2) is 36.4 Å². The van der Waals surface area contributed by atoms with Gasteiger partial charge in [-0.3, -0.25) is 14.6 Å². The molecular formula is C25H29F2N3O3S. The molecule has 182 valence electrons. The minimum absolute atomic E-state index is 0.0672. The van der Waals surface area contributed by atoms with Crippen molar-refractivity contribution < 1.29 is 23.0 Å². The van der Waals surface area contributed by atoms with E-state index in [2.05, 4.69) is 23.7 Å². The molecule has 1 fully saturated rings. The fourth-order valence-electron chi connectivity index (χ4n) is 3.84. The number of amides is 1. The number of benzene rings is 2. The number of morpholine rings is 1. The molecule has 6 nitrogen and oxygen atoms in total. The molecule has 0 saturated carbocycles. The fourth-order valence-corrected chi connectivity index (χ4v) is 4.89. The number of carbonyl (C=O) groups is 1. The van der Waals surface area contributed by atoms with E-state index in [0.717, 1.165) is 37.0 Å². The van der Waals surface area contributed by atoms with Crippen LogP contribution in [0.1, 0.15) is 31.7 Å². The summed E-state index contributed by atoms with van der Waals surface area (Å²) in [6.45, 7) is 8.37. The van der Waals surface area contributed by atoms with Crippen molar-refractivity contribution in [3.8, 4) is 5.75 Å². The van der Waals surface area contributed by atoms with E-state index in [9.17, 15) is 13.6 Å². The van der Waals surface area contributed by atoms with Crippen molar-refractivity contribution in [3.05, 3.63) is 53.6 Å². The SMILES string of the molecule is CC(C)c1ccc(OCC(=O)N(CCCN2CCOCC2)c2nc3c(F)cc(F)cc3s2)cc1. The van der Waals surface area contributed by atoms with Crippen molar-refractivity contribution >= 4 is 32.6 Å². The monoisotopic (exact) mass is 489 g/mol. The van der Waals surface area contributed by atoms with Crippen LogP contribution in [0.25, 0.3) is 10.2 Å². The van der Waals surface area contributed by atoms with Gasteiger partial charge in [0.05, 0.1) is 17.9 Å². The van der Waals surface area contributed by atoms with Gasteiger partial charge in [0.15, 0.2) is 17.6 Å². The Morgan fingerprint density at radius 2 is 1.94 bits per heavy atom. The van der Waals surface area contributed by atoms with E-state index < -0.39 is 11.6 Å². The zero-order valence-corrected chi connectivity index (χ0v) is 20.2. The van der Waals surface area contributed by atoms with Crippen molar-refractivity contribution in [2.24, 2.45) is 0 Å². The maximum Gasteiger partial charge on any atom is 0.266 e. The first-order valence-corrected chi connectivity index (χ1v) is 12.3. The van der Waals surface area contributed by atoms with Crippen LogP contribution < -0.4 is 9.64 Å². The van der Waals surface area contributed by atoms with Gasteiger partial charge in [-0.25, -0.2) is 13.8 Å². The van der Waals surface area contributed by atoms with Crippen LogP contribution >= 0.6 is 11.3 Å². The second-order valence-corrected chi connectivity index (χ2v) is 9.61. The van der Waals surface area contributed by atoms with Crippen LogP contribution in [0.3, 0.4) is 0 Å². The fraction of sp³-hybridized carbons (Fsp3) is 0.440. The average Bonchev–Trinajstić information content (AvgIpc) is 3.25. The Bertz CT molecular complexity index is 1110. The van der Waals surface area contributed by atoms with Gasteiger partial charge < -0.3 is 9.47 Å². The standard InChI is InChI=1S/C25H29F2N3O3S/c1-17(2)18-4-6-20(7-5-18)33-16-23(31)30(9-3-8-29-10-12-32-13-11-29)25-28-24-21(27)14-19(26)15-22(24)34-25/h4-7,14-15,17H,3,8-13,16H2,1-2H3. The number of fused-ring (bicyclic) bond motifs is 1. The Kier molecular flexibility index (Phi) is 8.07.